The van der Waals surface area contributed by atoms with Crippen LogP contribution >= 0.6 is 0 Å². The Kier molecular flexibility index (Phi) is 7.04. The predicted octanol–water partition coefficient (Wildman–Crippen LogP) is 4.74. The van der Waals surface area contributed by atoms with Crippen molar-refractivity contribution in [2.24, 2.45) is 0 Å². The second-order valence-corrected chi connectivity index (χ2v) is 11.2. The SMILES string of the molecule is C=CC(=O)N1C2C[C@@H](C1c1nc(-c3ccc(C(=O)Cc4cc(C(F)(F)F)ccn4)cc3)c3c(N)nccn13)N(C(C)C)C2. The van der Waals surface area contributed by atoms with Crippen molar-refractivity contribution in [3.63, 3.8) is 0 Å². The number of Topliss-reactive ketones (excluding diaryl/α,β-unsaturated/α-hetero) is 1. The number of imidazole rings is 1. The van der Waals surface area contributed by atoms with Crippen LogP contribution in [0.4, 0.5) is 19.0 Å². The van der Waals surface area contributed by atoms with Crippen LogP contribution in [0.2, 0.25) is 0 Å². The van der Waals surface area contributed by atoms with Gasteiger partial charge in [-0.05, 0) is 38.5 Å². The molecule has 2 aliphatic heterocycles. The van der Waals surface area contributed by atoms with E-state index in [1.165, 1.54) is 6.08 Å². The van der Waals surface area contributed by atoms with Gasteiger partial charge in [0.05, 0.1) is 12.0 Å². The molecule has 0 radical (unpaired) electrons. The van der Waals surface area contributed by atoms with Gasteiger partial charge in [0, 0.05) is 60.1 Å². The molecule has 2 unspecified atom stereocenters. The molecule has 43 heavy (non-hydrogen) atoms. The summed E-state index contributed by atoms with van der Waals surface area (Å²) in [6.07, 6.45) is 1.78. The fraction of sp³-hybridized carbons (Fsp3) is 0.323. The van der Waals surface area contributed by atoms with Gasteiger partial charge in [-0.1, -0.05) is 30.8 Å². The molecule has 5 heterocycles. The number of piperazine rings is 1. The second kappa shape index (κ2) is 10.6. The van der Waals surface area contributed by atoms with Gasteiger partial charge in [0.15, 0.2) is 5.78 Å². The third-order valence-electron chi connectivity index (χ3n) is 8.35. The van der Waals surface area contributed by atoms with Crippen LogP contribution in [-0.2, 0) is 17.4 Å². The van der Waals surface area contributed by atoms with Crippen LogP contribution in [0.5, 0.6) is 0 Å². The largest absolute Gasteiger partial charge is 0.416 e. The number of amides is 1. The smallest absolute Gasteiger partial charge is 0.382 e. The van der Waals surface area contributed by atoms with E-state index in [1.54, 1.807) is 36.7 Å². The molecule has 3 aromatic heterocycles. The van der Waals surface area contributed by atoms with E-state index in [-0.39, 0.29) is 53.8 Å². The zero-order valence-corrected chi connectivity index (χ0v) is 23.6. The molecule has 2 N–H and O–H groups in total. The number of ketones is 1. The Labute approximate surface area is 245 Å². The van der Waals surface area contributed by atoms with Crippen LogP contribution in [0.15, 0.2) is 67.6 Å². The second-order valence-electron chi connectivity index (χ2n) is 11.2. The summed E-state index contributed by atoms with van der Waals surface area (Å²) in [7, 11) is 0. The highest BCUT2D eigenvalue weighted by Gasteiger charge is 2.54. The zero-order chi connectivity index (χ0) is 30.6. The fourth-order valence-corrected chi connectivity index (χ4v) is 6.43. The average molecular weight is 590 g/mol. The van der Waals surface area contributed by atoms with E-state index in [0.29, 0.717) is 28.2 Å². The van der Waals surface area contributed by atoms with Gasteiger partial charge in [-0.15, -0.1) is 0 Å². The number of rotatable bonds is 7. The van der Waals surface area contributed by atoms with E-state index in [2.05, 4.69) is 35.3 Å². The molecule has 3 atom stereocenters. The van der Waals surface area contributed by atoms with Gasteiger partial charge in [-0.3, -0.25) is 23.9 Å². The van der Waals surface area contributed by atoms with Gasteiger partial charge < -0.3 is 10.6 Å². The first-order valence-corrected chi connectivity index (χ1v) is 14.0. The number of benzene rings is 1. The van der Waals surface area contributed by atoms with Crippen LogP contribution in [0.25, 0.3) is 16.8 Å². The zero-order valence-electron chi connectivity index (χ0n) is 23.6. The van der Waals surface area contributed by atoms with Crippen molar-refractivity contribution in [3.8, 4) is 11.3 Å². The first kappa shape index (κ1) is 28.5. The lowest BCUT2D eigenvalue weighted by molar-refractivity contribution is -0.137. The molecule has 2 aliphatic rings. The van der Waals surface area contributed by atoms with Crippen LogP contribution in [-0.4, -0.2) is 65.5 Å². The number of carbonyl (C=O) groups is 2. The Balaban J connectivity index is 1.35. The first-order chi connectivity index (χ1) is 20.5. The maximum Gasteiger partial charge on any atom is 0.416 e. The summed E-state index contributed by atoms with van der Waals surface area (Å²) < 4.78 is 41.2. The summed E-state index contributed by atoms with van der Waals surface area (Å²) >= 11 is 0. The molecule has 222 valence electrons. The van der Waals surface area contributed by atoms with Crippen molar-refractivity contribution in [3.05, 3.63) is 90.3 Å². The number of fused-ring (bicyclic) bond motifs is 3. The van der Waals surface area contributed by atoms with Crippen molar-refractivity contribution in [2.45, 2.75) is 57.0 Å². The van der Waals surface area contributed by atoms with Crippen molar-refractivity contribution in [2.75, 3.05) is 12.3 Å². The maximum absolute atomic E-state index is 13.1. The number of halogens is 3. The molecule has 0 saturated carbocycles. The Morgan fingerprint density at radius 2 is 1.88 bits per heavy atom. The number of nitrogens with two attached hydrogens (primary N) is 1. The molecule has 6 rings (SSSR count). The Hall–Kier alpha value is -4.58. The van der Waals surface area contributed by atoms with Gasteiger partial charge in [-0.25, -0.2) is 9.97 Å². The van der Waals surface area contributed by atoms with Crippen molar-refractivity contribution < 1.29 is 22.8 Å². The molecule has 1 aromatic carbocycles. The number of anilines is 1. The highest BCUT2D eigenvalue weighted by Crippen LogP contribution is 2.46. The van der Waals surface area contributed by atoms with Gasteiger partial charge in [0.2, 0.25) is 5.91 Å². The predicted molar refractivity (Wildman–Crippen MR) is 154 cm³/mol. The molecule has 1 amide bonds. The minimum Gasteiger partial charge on any atom is -0.382 e. The van der Waals surface area contributed by atoms with E-state index in [9.17, 15) is 22.8 Å². The van der Waals surface area contributed by atoms with E-state index in [4.69, 9.17) is 10.7 Å². The Morgan fingerprint density at radius 3 is 2.56 bits per heavy atom. The van der Waals surface area contributed by atoms with E-state index in [1.807, 2.05) is 9.30 Å². The van der Waals surface area contributed by atoms with Gasteiger partial charge in [0.25, 0.3) is 0 Å². The molecule has 12 heteroatoms. The van der Waals surface area contributed by atoms with Gasteiger partial charge in [-0.2, -0.15) is 13.2 Å². The number of nitrogen functional groups attached to an aromatic ring is 1. The van der Waals surface area contributed by atoms with Crippen molar-refractivity contribution >= 4 is 23.0 Å². The summed E-state index contributed by atoms with van der Waals surface area (Å²) in [6, 6.07) is 8.46. The first-order valence-electron chi connectivity index (χ1n) is 14.0. The minimum absolute atomic E-state index is 0.0346. The molecule has 2 saturated heterocycles. The van der Waals surface area contributed by atoms with E-state index < -0.39 is 11.7 Å². The average Bonchev–Trinajstić information content (AvgIpc) is 3.69. The lowest BCUT2D eigenvalue weighted by Crippen LogP contribution is -2.52. The van der Waals surface area contributed by atoms with Crippen LogP contribution in [0.1, 0.15) is 53.7 Å². The third kappa shape index (κ3) is 4.95. The maximum atomic E-state index is 13.1. The minimum atomic E-state index is -4.52. The summed E-state index contributed by atoms with van der Waals surface area (Å²) in [4.78, 5) is 43.5. The van der Waals surface area contributed by atoms with Gasteiger partial charge in [0.1, 0.15) is 28.9 Å². The third-order valence-corrected chi connectivity index (χ3v) is 8.35. The highest BCUT2D eigenvalue weighted by molar-refractivity contribution is 5.98. The molecule has 2 fully saturated rings. The summed E-state index contributed by atoms with van der Waals surface area (Å²) in [5.74, 6) is 0.393. The number of nitrogens with zero attached hydrogens (tertiary/aromatic N) is 6. The number of alkyl halides is 3. The number of likely N-dealkylation sites (tertiary alicyclic amines) is 2. The fourth-order valence-electron chi connectivity index (χ4n) is 6.43. The number of pyridine rings is 1. The summed E-state index contributed by atoms with van der Waals surface area (Å²) in [5.41, 5.74) is 7.66. The quantitative estimate of drug-likeness (QED) is 0.245. The van der Waals surface area contributed by atoms with Crippen LogP contribution in [0.3, 0.4) is 0 Å². The lowest BCUT2D eigenvalue weighted by atomic mass is 10.0. The Bertz CT molecular complexity index is 1730. The number of hydrogen-bond donors (Lipinski definition) is 1. The Morgan fingerprint density at radius 1 is 1.14 bits per heavy atom. The standard InChI is InChI=1S/C31H30F3N7O2/c1-4-25(43)41-22-15-23(40(16-22)17(2)3)27(41)30-38-26(28-29(35)37-11-12-39(28)30)19-7-5-18(6-8-19)24(42)14-21-13-20(9-10-36-21)31(32,33)34/h4-13,17,22-23,27H,1,14-16H2,2-3H3,(H2,35,37)/t22?,23-,27?/m0/s1. The molecular formula is C31H30F3N7O2. The lowest BCUT2D eigenvalue weighted by Gasteiger charge is -2.41. The molecule has 2 bridgehead atoms. The number of aromatic nitrogens is 4. The number of hydrogen-bond acceptors (Lipinski definition) is 7. The van der Waals surface area contributed by atoms with Gasteiger partial charge >= 0.3 is 6.18 Å². The normalized spacial score (nSPS) is 20.3. The number of carbonyl (C=O) groups excluding carboxylic acids is 2. The molecule has 4 aromatic rings. The van der Waals surface area contributed by atoms with Crippen molar-refractivity contribution in [1.29, 1.82) is 0 Å². The molecule has 0 spiro atoms. The highest BCUT2D eigenvalue weighted by atomic mass is 19.4. The topological polar surface area (TPSA) is 110 Å². The monoisotopic (exact) mass is 589 g/mol. The van der Waals surface area contributed by atoms with Crippen molar-refractivity contribution in [1.82, 2.24) is 29.2 Å². The molecular weight excluding hydrogens is 559 g/mol. The summed E-state index contributed by atoms with van der Waals surface area (Å²) in [6.45, 7) is 8.78. The van der Waals surface area contributed by atoms with Crippen LogP contribution < -0.4 is 5.73 Å². The van der Waals surface area contributed by atoms with E-state index in [0.717, 1.165) is 31.3 Å². The molecule has 0 aliphatic carbocycles. The van der Waals surface area contributed by atoms with E-state index >= 15 is 0 Å². The molecule has 9 nitrogen and oxygen atoms in total. The van der Waals surface area contributed by atoms with Crippen LogP contribution in [0, 0.1) is 0 Å². The summed E-state index contributed by atoms with van der Waals surface area (Å²) in [5, 5.41) is 0.